The van der Waals surface area contributed by atoms with Crippen molar-refractivity contribution in [3.05, 3.63) is 58.3 Å². The highest BCUT2D eigenvalue weighted by Gasteiger charge is 2.35. The van der Waals surface area contributed by atoms with Crippen molar-refractivity contribution in [1.82, 2.24) is 9.88 Å². The SMILES string of the molecule is COc1nc2c(cc1C(=O)N1Cc3ccccc3CC1C(N)=O)CCC2. The molecule has 0 saturated heterocycles. The molecule has 0 spiro atoms. The Labute approximate surface area is 152 Å². The largest absolute Gasteiger partial charge is 0.480 e. The van der Waals surface area contributed by atoms with Crippen molar-refractivity contribution in [1.29, 1.82) is 0 Å². The summed E-state index contributed by atoms with van der Waals surface area (Å²) in [6.07, 6.45) is 3.28. The van der Waals surface area contributed by atoms with Gasteiger partial charge in [-0.1, -0.05) is 24.3 Å². The fourth-order valence-electron chi connectivity index (χ4n) is 3.91. The Bertz CT molecular complexity index is 894. The zero-order valence-electron chi connectivity index (χ0n) is 14.7. The number of rotatable bonds is 3. The summed E-state index contributed by atoms with van der Waals surface area (Å²) >= 11 is 0. The van der Waals surface area contributed by atoms with E-state index in [4.69, 9.17) is 10.5 Å². The van der Waals surface area contributed by atoms with E-state index in [1.807, 2.05) is 30.3 Å². The molecule has 1 unspecified atom stereocenters. The zero-order valence-corrected chi connectivity index (χ0v) is 14.7. The summed E-state index contributed by atoms with van der Waals surface area (Å²) in [5.41, 5.74) is 10.2. The van der Waals surface area contributed by atoms with E-state index in [2.05, 4.69) is 4.98 Å². The van der Waals surface area contributed by atoms with Crippen molar-refractivity contribution in [3.8, 4) is 5.88 Å². The third kappa shape index (κ3) is 2.71. The summed E-state index contributed by atoms with van der Waals surface area (Å²) in [6, 6.07) is 9.02. The Balaban J connectivity index is 1.74. The number of benzene rings is 1. The second-order valence-electron chi connectivity index (χ2n) is 6.83. The number of aromatic nitrogens is 1. The fraction of sp³-hybridized carbons (Fsp3) is 0.350. The number of aryl methyl sites for hydroxylation is 2. The van der Waals surface area contributed by atoms with E-state index in [1.54, 1.807) is 4.90 Å². The Kier molecular flexibility index (Phi) is 4.11. The van der Waals surface area contributed by atoms with Crippen LogP contribution >= 0.6 is 0 Å². The lowest BCUT2D eigenvalue weighted by Gasteiger charge is -2.35. The van der Waals surface area contributed by atoms with Crippen LogP contribution in [0.2, 0.25) is 0 Å². The van der Waals surface area contributed by atoms with Gasteiger partial charge in [0.1, 0.15) is 11.6 Å². The second kappa shape index (κ2) is 6.44. The molecular formula is C20H21N3O3. The van der Waals surface area contributed by atoms with Gasteiger partial charge in [-0.25, -0.2) is 4.98 Å². The number of nitrogens with zero attached hydrogens (tertiary/aromatic N) is 2. The predicted molar refractivity (Wildman–Crippen MR) is 95.8 cm³/mol. The van der Waals surface area contributed by atoms with Crippen LogP contribution < -0.4 is 10.5 Å². The fourth-order valence-corrected chi connectivity index (χ4v) is 3.91. The van der Waals surface area contributed by atoms with Crippen molar-refractivity contribution in [2.45, 2.75) is 38.3 Å². The first-order valence-electron chi connectivity index (χ1n) is 8.82. The number of fused-ring (bicyclic) bond motifs is 2. The first-order valence-corrected chi connectivity index (χ1v) is 8.82. The molecule has 2 aromatic rings. The normalized spacial score (nSPS) is 18.2. The molecule has 0 fully saturated rings. The number of methoxy groups -OCH3 is 1. The molecular weight excluding hydrogens is 330 g/mol. The van der Waals surface area contributed by atoms with E-state index in [-0.39, 0.29) is 5.91 Å². The van der Waals surface area contributed by atoms with Crippen LogP contribution in [0.5, 0.6) is 5.88 Å². The second-order valence-corrected chi connectivity index (χ2v) is 6.83. The molecule has 1 aliphatic carbocycles. The van der Waals surface area contributed by atoms with Crippen molar-refractivity contribution in [2.24, 2.45) is 5.73 Å². The van der Waals surface area contributed by atoms with Gasteiger partial charge < -0.3 is 15.4 Å². The van der Waals surface area contributed by atoms with Gasteiger partial charge in [0, 0.05) is 18.7 Å². The van der Waals surface area contributed by atoms with Gasteiger partial charge in [0.15, 0.2) is 0 Å². The summed E-state index contributed by atoms with van der Waals surface area (Å²) in [6.45, 7) is 0.350. The summed E-state index contributed by atoms with van der Waals surface area (Å²) in [7, 11) is 1.51. The lowest BCUT2D eigenvalue weighted by atomic mass is 9.93. The number of hydrogen-bond acceptors (Lipinski definition) is 4. The maximum atomic E-state index is 13.3. The summed E-state index contributed by atoms with van der Waals surface area (Å²) in [4.78, 5) is 31.4. The van der Waals surface area contributed by atoms with E-state index in [0.717, 1.165) is 41.6 Å². The van der Waals surface area contributed by atoms with E-state index >= 15 is 0 Å². The number of ether oxygens (including phenoxy) is 1. The molecule has 1 aromatic carbocycles. The van der Waals surface area contributed by atoms with Crippen LogP contribution in [0.25, 0.3) is 0 Å². The Hall–Kier alpha value is -2.89. The van der Waals surface area contributed by atoms with E-state index in [1.165, 1.54) is 7.11 Å². The van der Waals surface area contributed by atoms with Crippen molar-refractivity contribution in [2.75, 3.05) is 7.11 Å². The van der Waals surface area contributed by atoms with Gasteiger partial charge in [0.2, 0.25) is 11.8 Å². The van der Waals surface area contributed by atoms with Crippen molar-refractivity contribution >= 4 is 11.8 Å². The molecule has 26 heavy (non-hydrogen) atoms. The molecule has 134 valence electrons. The molecule has 1 aliphatic heterocycles. The number of nitrogens with two attached hydrogens (primary N) is 1. The molecule has 6 heteroatoms. The number of pyridine rings is 1. The van der Waals surface area contributed by atoms with Gasteiger partial charge in [0.05, 0.1) is 7.11 Å². The van der Waals surface area contributed by atoms with Crippen LogP contribution in [0, 0.1) is 0 Å². The average molecular weight is 351 g/mol. The molecule has 1 aromatic heterocycles. The monoisotopic (exact) mass is 351 g/mol. The van der Waals surface area contributed by atoms with Gasteiger partial charge in [-0.3, -0.25) is 9.59 Å². The molecule has 2 aliphatic rings. The summed E-state index contributed by atoms with van der Waals surface area (Å²) < 4.78 is 5.37. The standard InChI is InChI=1S/C20H21N3O3/c1-26-19-15(9-13-7-4-8-16(13)22-19)20(25)23-11-14-6-3-2-5-12(14)10-17(23)18(21)24/h2-3,5-6,9,17H,4,7-8,10-11H2,1H3,(H2,21,24). The van der Waals surface area contributed by atoms with Crippen LogP contribution in [-0.4, -0.2) is 34.8 Å². The first kappa shape index (κ1) is 16.6. The highest BCUT2D eigenvalue weighted by molar-refractivity contribution is 5.99. The third-order valence-electron chi connectivity index (χ3n) is 5.28. The van der Waals surface area contributed by atoms with E-state index < -0.39 is 11.9 Å². The molecule has 2 amide bonds. The van der Waals surface area contributed by atoms with Gasteiger partial charge in [-0.15, -0.1) is 0 Å². The lowest BCUT2D eigenvalue weighted by Crippen LogP contribution is -2.51. The highest BCUT2D eigenvalue weighted by Crippen LogP contribution is 2.30. The average Bonchev–Trinajstić information content (AvgIpc) is 3.12. The maximum absolute atomic E-state index is 13.3. The summed E-state index contributed by atoms with van der Waals surface area (Å²) in [5, 5.41) is 0. The van der Waals surface area contributed by atoms with Crippen LogP contribution in [0.1, 0.15) is 39.2 Å². The minimum absolute atomic E-state index is 0.262. The summed E-state index contributed by atoms with van der Waals surface area (Å²) in [5.74, 6) is -0.443. The van der Waals surface area contributed by atoms with E-state index in [9.17, 15) is 9.59 Å². The lowest BCUT2D eigenvalue weighted by molar-refractivity contribution is -0.122. The smallest absolute Gasteiger partial charge is 0.260 e. The Morgan fingerprint density at radius 3 is 2.69 bits per heavy atom. The molecule has 0 radical (unpaired) electrons. The number of primary amides is 1. The van der Waals surface area contributed by atoms with E-state index in [0.29, 0.717) is 24.4 Å². The van der Waals surface area contributed by atoms with Gasteiger partial charge >= 0.3 is 0 Å². The van der Waals surface area contributed by atoms with Crippen molar-refractivity contribution < 1.29 is 14.3 Å². The van der Waals surface area contributed by atoms with Gasteiger partial charge in [-0.05, 0) is 42.0 Å². The quantitative estimate of drug-likeness (QED) is 0.911. The number of carbonyl (C=O) groups is 2. The molecule has 0 bridgehead atoms. The van der Waals surface area contributed by atoms with Crippen molar-refractivity contribution in [3.63, 3.8) is 0 Å². The van der Waals surface area contributed by atoms with Gasteiger partial charge in [-0.2, -0.15) is 0 Å². The Morgan fingerprint density at radius 1 is 1.19 bits per heavy atom. The number of amides is 2. The minimum atomic E-state index is -0.671. The molecule has 2 N–H and O–H groups in total. The molecule has 2 heterocycles. The van der Waals surface area contributed by atoms with Gasteiger partial charge in [0.25, 0.3) is 5.91 Å². The molecule has 4 rings (SSSR count). The molecule has 6 nitrogen and oxygen atoms in total. The van der Waals surface area contributed by atoms with Crippen LogP contribution in [0.4, 0.5) is 0 Å². The highest BCUT2D eigenvalue weighted by atomic mass is 16.5. The molecule has 0 saturated carbocycles. The third-order valence-corrected chi connectivity index (χ3v) is 5.28. The topological polar surface area (TPSA) is 85.5 Å². The first-order chi connectivity index (χ1) is 12.6. The zero-order chi connectivity index (χ0) is 18.3. The number of hydrogen-bond donors (Lipinski definition) is 1. The molecule has 1 atom stereocenters. The Morgan fingerprint density at radius 2 is 1.96 bits per heavy atom. The van der Waals surface area contributed by atoms with Crippen LogP contribution in [0.15, 0.2) is 30.3 Å². The maximum Gasteiger partial charge on any atom is 0.260 e. The van der Waals surface area contributed by atoms with Crippen LogP contribution in [-0.2, 0) is 30.6 Å². The number of carbonyl (C=O) groups excluding carboxylic acids is 2. The minimum Gasteiger partial charge on any atom is -0.480 e. The predicted octanol–water partition coefficient (Wildman–Crippen LogP) is 1.63. The van der Waals surface area contributed by atoms with Crippen LogP contribution in [0.3, 0.4) is 0 Å².